The van der Waals surface area contributed by atoms with Crippen LogP contribution >= 0.6 is 0 Å². The first kappa shape index (κ1) is 12.5. The lowest BCUT2D eigenvalue weighted by Gasteiger charge is -2.20. The Morgan fingerprint density at radius 2 is 1.85 bits per heavy atom. The van der Waals surface area contributed by atoms with Crippen molar-refractivity contribution in [1.82, 2.24) is 0 Å². The molecule has 0 radical (unpaired) electrons. The van der Waals surface area contributed by atoms with E-state index in [2.05, 4.69) is 0 Å². The molecule has 0 saturated carbocycles. The maximum Gasteiger partial charge on any atom is 0.164 e. The quantitative estimate of drug-likeness (QED) is 0.407. The van der Waals surface area contributed by atoms with Crippen LogP contribution in [0.3, 0.4) is 0 Å². The van der Waals surface area contributed by atoms with Gasteiger partial charge in [-0.3, -0.25) is 4.79 Å². The minimum atomic E-state index is -1.61. The predicted molar refractivity (Wildman–Crippen MR) is 45.0 cm³/mol. The maximum atomic E-state index is 11.0. The number of carbonyl (C=O) groups excluding carboxylic acids is 1. The van der Waals surface area contributed by atoms with Crippen LogP contribution in [0.1, 0.15) is 19.8 Å². The van der Waals surface area contributed by atoms with E-state index in [1.807, 2.05) is 0 Å². The molecule has 3 atom stereocenters. The van der Waals surface area contributed by atoms with Gasteiger partial charge in [0, 0.05) is 6.42 Å². The minimum absolute atomic E-state index is 0.149. The van der Waals surface area contributed by atoms with Crippen molar-refractivity contribution in [1.29, 1.82) is 0 Å². The van der Waals surface area contributed by atoms with Crippen LogP contribution in [-0.4, -0.2) is 51.1 Å². The van der Waals surface area contributed by atoms with Crippen molar-refractivity contribution in [3.8, 4) is 0 Å². The molecule has 0 fully saturated rings. The maximum absolute atomic E-state index is 11.0. The monoisotopic (exact) mass is 192 g/mol. The molecule has 5 nitrogen and oxygen atoms in total. The summed E-state index contributed by atoms with van der Waals surface area (Å²) in [5, 5.41) is 35.6. The van der Waals surface area contributed by atoms with Gasteiger partial charge in [0.2, 0.25) is 0 Å². The van der Waals surface area contributed by atoms with Gasteiger partial charge >= 0.3 is 0 Å². The fourth-order valence-electron chi connectivity index (χ4n) is 0.903. The first-order chi connectivity index (χ1) is 6.04. The van der Waals surface area contributed by atoms with E-state index in [9.17, 15) is 4.79 Å². The molecule has 78 valence electrons. The highest BCUT2D eigenvalue weighted by Crippen LogP contribution is 2.04. The van der Waals surface area contributed by atoms with E-state index in [0.717, 1.165) is 0 Å². The smallest absolute Gasteiger partial charge is 0.164 e. The number of aliphatic hydroxyl groups is 4. The van der Waals surface area contributed by atoms with E-state index < -0.39 is 30.7 Å². The Balaban J connectivity index is 4.07. The molecule has 0 heterocycles. The number of hydrogen-bond donors (Lipinski definition) is 4. The SMILES string of the molecule is CCCC(=O)[C@@H](O)[C@H](O)[C@H](O)CO. The molecule has 4 N–H and O–H groups in total. The van der Waals surface area contributed by atoms with Crippen molar-refractivity contribution in [3.63, 3.8) is 0 Å². The number of rotatable bonds is 6. The Kier molecular flexibility index (Phi) is 5.81. The third-order valence-corrected chi connectivity index (χ3v) is 1.73. The van der Waals surface area contributed by atoms with Crippen LogP contribution in [0.5, 0.6) is 0 Å². The molecule has 5 heteroatoms. The highest BCUT2D eigenvalue weighted by atomic mass is 16.4. The molecule has 0 aliphatic carbocycles. The molecule has 0 saturated heterocycles. The largest absolute Gasteiger partial charge is 0.394 e. The number of carbonyl (C=O) groups is 1. The van der Waals surface area contributed by atoms with Gasteiger partial charge in [0.25, 0.3) is 0 Å². The molecule has 0 unspecified atom stereocenters. The zero-order chi connectivity index (χ0) is 10.4. The van der Waals surface area contributed by atoms with Crippen molar-refractivity contribution in [2.24, 2.45) is 0 Å². The molecule has 0 aliphatic rings. The summed E-state index contributed by atoms with van der Waals surface area (Å²) in [5.74, 6) is -0.525. The van der Waals surface area contributed by atoms with Crippen LogP contribution < -0.4 is 0 Å². The lowest BCUT2D eigenvalue weighted by Crippen LogP contribution is -2.43. The average molecular weight is 192 g/mol. The second kappa shape index (κ2) is 6.04. The second-order valence-electron chi connectivity index (χ2n) is 2.90. The molecule has 0 aromatic carbocycles. The van der Waals surface area contributed by atoms with Crippen LogP contribution in [0.4, 0.5) is 0 Å². The van der Waals surface area contributed by atoms with Crippen LogP contribution in [-0.2, 0) is 4.79 Å². The highest BCUT2D eigenvalue weighted by Gasteiger charge is 2.28. The zero-order valence-corrected chi connectivity index (χ0v) is 7.55. The molecule has 0 amide bonds. The fraction of sp³-hybridized carbons (Fsp3) is 0.875. The Hall–Kier alpha value is -0.490. The molecular weight excluding hydrogens is 176 g/mol. The van der Waals surface area contributed by atoms with Gasteiger partial charge < -0.3 is 20.4 Å². The third kappa shape index (κ3) is 3.82. The van der Waals surface area contributed by atoms with Crippen molar-refractivity contribution in [2.75, 3.05) is 6.61 Å². The molecule has 0 aliphatic heterocycles. The summed E-state index contributed by atoms with van der Waals surface area (Å²) in [5.41, 5.74) is 0. The molecule has 0 aromatic rings. The van der Waals surface area contributed by atoms with Crippen LogP contribution in [0.25, 0.3) is 0 Å². The van der Waals surface area contributed by atoms with E-state index in [1.165, 1.54) is 0 Å². The average Bonchev–Trinajstić information content (AvgIpc) is 2.14. The summed E-state index contributed by atoms with van der Waals surface area (Å²) in [6.07, 6.45) is -3.98. The predicted octanol–water partition coefficient (Wildman–Crippen LogP) is -1.57. The number of hydrogen-bond acceptors (Lipinski definition) is 5. The summed E-state index contributed by atoms with van der Waals surface area (Å²) in [6, 6.07) is 0. The van der Waals surface area contributed by atoms with Gasteiger partial charge in [-0.15, -0.1) is 0 Å². The molecule has 0 aromatic heterocycles. The van der Waals surface area contributed by atoms with Gasteiger partial charge in [-0.2, -0.15) is 0 Å². The van der Waals surface area contributed by atoms with Gasteiger partial charge in [-0.05, 0) is 6.42 Å². The van der Waals surface area contributed by atoms with E-state index >= 15 is 0 Å². The van der Waals surface area contributed by atoms with Crippen LogP contribution in [0.15, 0.2) is 0 Å². The molecule has 13 heavy (non-hydrogen) atoms. The van der Waals surface area contributed by atoms with Crippen LogP contribution in [0.2, 0.25) is 0 Å². The fourth-order valence-corrected chi connectivity index (χ4v) is 0.903. The van der Waals surface area contributed by atoms with Crippen molar-refractivity contribution in [2.45, 2.75) is 38.1 Å². The van der Waals surface area contributed by atoms with Gasteiger partial charge in [0.15, 0.2) is 5.78 Å². The molecular formula is C8H16O5. The first-order valence-corrected chi connectivity index (χ1v) is 4.22. The minimum Gasteiger partial charge on any atom is -0.394 e. The topological polar surface area (TPSA) is 98.0 Å². The Morgan fingerprint density at radius 1 is 1.31 bits per heavy atom. The zero-order valence-electron chi connectivity index (χ0n) is 7.55. The van der Waals surface area contributed by atoms with Gasteiger partial charge in [-0.1, -0.05) is 6.92 Å². The Morgan fingerprint density at radius 3 is 2.23 bits per heavy atom. The summed E-state index contributed by atoms with van der Waals surface area (Å²) >= 11 is 0. The van der Waals surface area contributed by atoms with Crippen molar-refractivity contribution < 1.29 is 25.2 Å². The number of Topliss-reactive ketones (excluding diaryl/α,β-unsaturated/α-hetero) is 1. The third-order valence-electron chi connectivity index (χ3n) is 1.73. The van der Waals surface area contributed by atoms with E-state index in [-0.39, 0.29) is 6.42 Å². The van der Waals surface area contributed by atoms with E-state index in [1.54, 1.807) is 6.92 Å². The summed E-state index contributed by atoms with van der Waals surface area (Å²) < 4.78 is 0. The van der Waals surface area contributed by atoms with Gasteiger partial charge in [-0.25, -0.2) is 0 Å². The van der Waals surface area contributed by atoms with E-state index in [4.69, 9.17) is 20.4 Å². The molecule has 0 rings (SSSR count). The lowest BCUT2D eigenvalue weighted by atomic mass is 10.0. The standard InChI is InChI=1S/C8H16O5/c1-2-3-5(10)7(12)8(13)6(11)4-9/h6-9,11-13H,2-4H2,1H3/t6-,7-,8-/m1/s1. The lowest BCUT2D eigenvalue weighted by molar-refractivity contribution is -0.140. The summed E-state index contributed by atoms with van der Waals surface area (Å²) in [6.45, 7) is 1.08. The number of aliphatic hydroxyl groups excluding tert-OH is 4. The van der Waals surface area contributed by atoms with Gasteiger partial charge in [0.1, 0.15) is 18.3 Å². The molecule has 0 bridgehead atoms. The van der Waals surface area contributed by atoms with Crippen molar-refractivity contribution >= 4 is 5.78 Å². The normalized spacial score (nSPS) is 17.9. The first-order valence-electron chi connectivity index (χ1n) is 4.22. The van der Waals surface area contributed by atoms with Crippen LogP contribution in [0, 0.1) is 0 Å². The van der Waals surface area contributed by atoms with Crippen molar-refractivity contribution in [3.05, 3.63) is 0 Å². The Labute approximate surface area is 76.6 Å². The number of ketones is 1. The van der Waals surface area contributed by atoms with Gasteiger partial charge in [0.05, 0.1) is 6.61 Å². The Bertz CT molecular complexity index is 159. The van der Waals surface area contributed by atoms with E-state index in [0.29, 0.717) is 6.42 Å². The highest BCUT2D eigenvalue weighted by molar-refractivity contribution is 5.83. The molecule has 0 spiro atoms. The second-order valence-corrected chi connectivity index (χ2v) is 2.90. The summed E-state index contributed by atoms with van der Waals surface area (Å²) in [7, 11) is 0. The summed E-state index contributed by atoms with van der Waals surface area (Å²) in [4.78, 5) is 11.0.